The van der Waals surface area contributed by atoms with E-state index in [1.54, 1.807) is 0 Å². The van der Waals surface area contributed by atoms with Gasteiger partial charge in [0, 0.05) is 6.04 Å². The van der Waals surface area contributed by atoms with Crippen molar-refractivity contribution in [2.24, 2.45) is 0 Å². The van der Waals surface area contributed by atoms with E-state index in [1.165, 1.54) is 18.2 Å². The maximum atomic E-state index is 11.4. The van der Waals surface area contributed by atoms with Gasteiger partial charge in [-0.15, -0.1) is 0 Å². The number of methoxy groups -OCH3 is 1. The number of hydrogen-bond acceptors (Lipinski definition) is 3. The third kappa shape index (κ3) is 2.25. The van der Waals surface area contributed by atoms with Crippen LogP contribution >= 0.6 is 0 Å². The van der Waals surface area contributed by atoms with Crippen molar-refractivity contribution in [2.45, 2.75) is 31.8 Å². The molecule has 1 N–H and O–H groups in total. The van der Waals surface area contributed by atoms with Crippen LogP contribution in [-0.4, -0.2) is 19.1 Å². The van der Waals surface area contributed by atoms with Gasteiger partial charge in [0.15, 0.2) is 0 Å². The lowest BCUT2D eigenvalue weighted by Crippen LogP contribution is -2.33. The van der Waals surface area contributed by atoms with E-state index in [0.717, 1.165) is 12.8 Å². The maximum Gasteiger partial charge on any atom is 0.322 e. The van der Waals surface area contributed by atoms with Crippen molar-refractivity contribution in [1.29, 1.82) is 0 Å². The van der Waals surface area contributed by atoms with Crippen LogP contribution in [0.3, 0.4) is 0 Å². The molecule has 0 spiro atoms. The molecule has 0 saturated carbocycles. The molecule has 1 fully saturated rings. The van der Waals surface area contributed by atoms with E-state index in [9.17, 15) is 4.79 Å². The molecule has 0 aromatic heterocycles. The Morgan fingerprint density at radius 2 is 2.00 bits per heavy atom. The highest BCUT2D eigenvalue weighted by molar-refractivity contribution is 5.76. The Morgan fingerprint density at radius 1 is 1.31 bits per heavy atom. The minimum absolute atomic E-state index is 0.142. The lowest BCUT2D eigenvalue weighted by atomic mass is 10.0. The van der Waals surface area contributed by atoms with Crippen LogP contribution in [-0.2, 0) is 9.53 Å². The molecular formula is C13H17NO2. The fourth-order valence-corrected chi connectivity index (χ4v) is 2.13. The summed E-state index contributed by atoms with van der Waals surface area (Å²) in [5.41, 5.74) is 2.50. The summed E-state index contributed by atoms with van der Waals surface area (Å²) in [4.78, 5) is 11.4. The van der Waals surface area contributed by atoms with E-state index in [0.29, 0.717) is 0 Å². The van der Waals surface area contributed by atoms with Crippen molar-refractivity contribution < 1.29 is 9.53 Å². The van der Waals surface area contributed by atoms with Crippen LogP contribution in [0.15, 0.2) is 24.3 Å². The second-order valence-electron chi connectivity index (χ2n) is 4.28. The lowest BCUT2D eigenvalue weighted by Gasteiger charge is -2.13. The highest BCUT2D eigenvalue weighted by Gasteiger charge is 2.30. The number of aryl methyl sites for hydroxylation is 1. The fraction of sp³-hybridized carbons (Fsp3) is 0.462. The van der Waals surface area contributed by atoms with Gasteiger partial charge in [0.05, 0.1) is 7.11 Å². The van der Waals surface area contributed by atoms with E-state index in [2.05, 4.69) is 36.5 Å². The van der Waals surface area contributed by atoms with Crippen molar-refractivity contribution in [3.63, 3.8) is 0 Å². The molecule has 16 heavy (non-hydrogen) atoms. The summed E-state index contributed by atoms with van der Waals surface area (Å²) in [6.07, 6.45) is 1.84. The number of nitrogens with one attached hydrogen (secondary N) is 1. The quantitative estimate of drug-likeness (QED) is 0.773. The molecular weight excluding hydrogens is 202 g/mol. The van der Waals surface area contributed by atoms with E-state index in [4.69, 9.17) is 4.74 Å². The van der Waals surface area contributed by atoms with E-state index < -0.39 is 0 Å². The van der Waals surface area contributed by atoms with E-state index in [-0.39, 0.29) is 18.1 Å². The molecule has 2 atom stereocenters. The fourth-order valence-electron chi connectivity index (χ4n) is 2.13. The topological polar surface area (TPSA) is 38.3 Å². The van der Waals surface area contributed by atoms with Crippen LogP contribution in [0.1, 0.15) is 30.0 Å². The van der Waals surface area contributed by atoms with Crippen LogP contribution in [0.2, 0.25) is 0 Å². The first-order chi connectivity index (χ1) is 7.70. The van der Waals surface area contributed by atoms with Gasteiger partial charge in [-0.1, -0.05) is 29.8 Å². The predicted octanol–water partition coefficient (Wildman–Crippen LogP) is 1.96. The monoisotopic (exact) mass is 219 g/mol. The Kier molecular flexibility index (Phi) is 3.25. The number of esters is 1. The van der Waals surface area contributed by atoms with Gasteiger partial charge in [0.1, 0.15) is 6.04 Å². The third-order valence-electron chi connectivity index (χ3n) is 3.11. The highest BCUT2D eigenvalue weighted by Crippen LogP contribution is 2.26. The number of rotatable bonds is 2. The second kappa shape index (κ2) is 4.66. The van der Waals surface area contributed by atoms with Gasteiger partial charge >= 0.3 is 5.97 Å². The molecule has 86 valence electrons. The summed E-state index contributed by atoms with van der Waals surface area (Å²) in [5.74, 6) is -0.158. The molecule has 1 aliphatic rings. The first kappa shape index (κ1) is 11.1. The first-order valence-electron chi connectivity index (χ1n) is 5.61. The van der Waals surface area contributed by atoms with Gasteiger partial charge in [-0.25, -0.2) is 0 Å². The molecule has 1 saturated heterocycles. The molecule has 3 heteroatoms. The highest BCUT2D eigenvalue weighted by atomic mass is 16.5. The number of carbonyl (C=O) groups is 1. The molecule has 1 aliphatic heterocycles. The minimum atomic E-state index is -0.158. The van der Waals surface area contributed by atoms with E-state index in [1.807, 2.05) is 0 Å². The summed E-state index contributed by atoms with van der Waals surface area (Å²) in [7, 11) is 1.43. The van der Waals surface area contributed by atoms with Gasteiger partial charge in [-0.3, -0.25) is 10.1 Å². The number of hydrogen-bond donors (Lipinski definition) is 1. The number of ether oxygens (including phenoxy) is 1. The molecule has 2 rings (SSSR count). The average Bonchev–Trinajstić information content (AvgIpc) is 2.78. The SMILES string of the molecule is COC(=O)[C@@H]1CCC(c2ccc(C)cc2)N1. The Labute approximate surface area is 95.8 Å². The molecule has 1 unspecified atom stereocenters. The molecule has 0 aliphatic carbocycles. The molecule has 0 bridgehead atoms. The Bertz CT molecular complexity index is 372. The molecule has 3 nitrogen and oxygen atoms in total. The van der Waals surface area contributed by atoms with Crippen LogP contribution < -0.4 is 5.32 Å². The average molecular weight is 219 g/mol. The summed E-state index contributed by atoms with van der Waals surface area (Å²) < 4.78 is 4.74. The zero-order valence-electron chi connectivity index (χ0n) is 9.69. The summed E-state index contributed by atoms with van der Waals surface area (Å²) in [5, 5.41) is 3.30. The zero-order chi connectivity index (χ0) is 11.5. The van der Waals surface area contributed by atoms with Gasteiger partial charge < -0.3 is 4.74 Å². The van der Waals surface area contributed by atoms with Crippen LogP contribution in [0.25, 0.3) is 0 Å². The smallest absolute Gasteiger partial charge is 0.322 e. The summed E-state index contributed by atoms with van der Waals surface area (Å²) >= 11 is 0. The Hall–Kier alpha value is -1.35. The molecule has 0 amide bonds. The predicted molar refractivity (Wildman–Crippen MR) is 62.1 cm³/mol. The van der Waals surface area contributed by atoms with Crippen molar-refractivity contribution in [3.8, 4) is 0 Å². The Balaban J connectivity index is 2.03. The molecule has 1 heterocycles. The third-order valence-corrected chi connectivity index (χ3v) is 3.11. The lowest BCUT2D eigenvalue weighted by molar-refractivity contribution is -0.142. The normalized spacial score (nSPS) is 24.4. The summed E-state index contributed by atoms with van der Waals surface area (Å²) in [6, 6.07) is 8.57. The minimum Gasteiger partial charge on any atom is -0.468 e. The second-order valence-corrected chi connectivity index (χ2v) is 4.28. The van der Waals surface area contributed by atoms with Crippen molar-refractivity contribution in [3.05, 3.63) is 35.4 Å². The molecule has 1 aromatic carbocycles. The van der Waals surface area contributed by atoms with Crippen molar-refractivity contribution >= 4 is 5.97 Å². The zero-order valence-corrected chi connectivity index (χ0v) is 9.69. The van der Waals surface area contributed by atoms with Crippen LogP contribution in [0.5, 0.6) is 0 Å². The van der Waals surface area contributed by atoms with Crippen LogP contribution in [0.4, 0.5) is 0 Å². The molecule has 0 radical (unpaired) electrons. The number of carbonyl (C=O) groups excluding carboxylic acids is 1. The van der Waals surface area contributed by atoms with Gasteiger partial charge in [-0.2, -0.15) is 0 Å². The number of benzene rings is 1. The van der Waals surface area contributed by atoms with Crippen molar-refractivity contribution in [1.82, 2.24) is 5.32 Å². The first-order valence-corrected chi connectivity index (χ1v) is 5.61. The van der Waals surface area contributed by atoms with Gasteiger partial charge in [0.25, 0.3) is 0 Å². The summed E-state index contributed by atoms with van der Waals surface area (Å²) in [6.45, 7) is 2.07. The Morgan fingerprint density at radius 3 is 2.62 bits per heavy atom. The van der Waals surface area contributed by atoms with Crippen LogP contribution in [0, 0.1) is 6.92 Å². The van der Waals surface area contributed by atoms with Gasteiger partial charge in [0.2, 0.25) is 0 Å². The maximum absolute atomic E-state index is 11.4. The standard InChI is InChI=1S/C13H17NO2/c1-9-3-5-10(6-4-9)11-7-8-12(14-11)13(15)16-2/h3-6,11-12,14H,7-8H2,1-2H3/t11?,12-/m0/s1. The van der Waals surface area contributed by atoms with Gasteiger partial charge in [-0.05, 0) is 25.3 Å². The molecule has 1 aromatic rings. The van der Waals surface area contributed by atoms with E-state index >= 15 is 0 Å². The van der Waals surface area contributed by atoms with Crippen molar-refractivity contribution in [2.75, 3.05) is 7.11 Å². The largest absolute Gasteiger partial charge is 0.468 e.